The molecule has 0 spiro atoms. The van der Waals surface area contributed by atoms with Crippen molar-refractivity contribution < 1.29 is 8.42 Å². The Morgan fingerprint density at radius 2 is 1.38 bits per heavy atom. The minimum Gasteiger partial charge on any atom is -0.356 e. The van der Waals surface area contributed by atoms with Gasteiger partial charge >= 0.3 is 0 Å². The van der Waals surface area contributed by atoms with Crippen molar-refractivity contribution in [3.05, 3.63) is 54.6 Å². The van der Waals surface area contributed by atoms with Gasteiger partial charge in [-0.05, 0) is 42.3 Å². The Bertz CT molecular complexity index is 665. The van der Waals surface area contributed by atoms with Crippen LogP contribution in [0.25, 0.3) is 0 Å². The van der Waals surface area contributed by atoms with Crippen molar-refractivity contribution in [3.63, 3.8) is 0 Å². The molecule has 0 aliphatic heterocycles. The average molecular weight is 304 g/mol. The molecule has 0 unspecified atom stereocenters. The second-order valence-electron chi connectivity index (χ2n) is 5.35. The van der Waals surface area contributed by atoms with Crippen LogP contribution in [0.2, 0.25) is 0 Å². The molecule has 21 heavy (non-hydrogen) atoms. The zero-order valence-corrected chi connectivity index (χ0v) is 13.0. The minimum absolute atomic E-state index is 0.0986. The lowest BCUT2D eigenvalue weighted by Gasteiger charge is -2.11. The molecule has 0 radical (unpaired) electrons. The molecule has 0 bridgehead atoms. The van der Waals surface area contributed by atoms with E-state index in [1.165, 1.54) is 0 Å². The maximum atomic E-state index is 11.9. The third-order valence-corrected chi connectivity index (χ3v) is 4.43. The third kappa shape index (κ3) is 5.11. The largest absolute Gasteiger partial charge is 0.356 e. The Morgan fingerprint density at radius 3 is 1.95 bits per heavy atom. The van der Waals surface area contributed by atoms with E-state index in [9.17, 15) is 8.42 Å². The Kier molecular flexibility index (Phi) is 4.85. The van der Waals surface area contributed by atoms with Crippen LogP contribution >= 0.6 is 0 Å². The minimum atomic E-state index is -3.28. The van der Waals surface area contributed by atoms with Gasteiger partial charge in [0.2, 0.25) is 10.0 Å². The summed E-state index contributed by atoms with van der Waals surface area (Å²) < 4.78 is 26.3. The van der Waals surface area contributed by atoms with Gasteiger partial charge in [0, 0.05) is 17.1 Å². The molecule has 4 nitrogen and oxygen atoms in total. The van der Waals surface area contributed by atoms with Crippen LogP contribution in [0.3, 0.4) is 0 Å². The first-order valence-corrected chi connectivity index (χ1v) is 8.52. The summed E-state index contributed by atoms with van der Waals surface area (Å²) in [6.07, 6.45) is 0. The van der Waals surface area contributed by atoms with E-state index < -0.39 is 10.0 Å². The normalized spacial score (nSPS) is 11.4. The average Bonchev–Trinajstić information content (AvgIpc) is 2.40. The van der Waals surface area contributed by atoms with Crippen LogP contribution in [0, 0.1) is 5.92 Å². The predicted octanol–water partition coefficient (Wildman–Crippen LogP) is 3.83. The Hall–Kier alpha value is -2.01. The van der Waals surface area contributed by atoms with Gasteiger partial charge in [-0.3, -0.25) is 4.72 Å². The molecule has 2 aromatic rings. The van der Waals surface area contributed by atoms with Crippen LogP contribution in [0.1, 0.15) is 13.8 Å². The third-order valence-electron chi connectivity index (χ3n) is 2.77. The highest BCUT2D eigenvalue weighted by molar-refractivity contribution is 7.92. The number of sulfonamides is 1. The lowest BCUT2D eigenvalue weighted by molar-refractivity contribution is 0.587. The summed E-state index contributed by atoms with van der Waals surface area (Å²) in [6.45, 7) is 3.76. The van der Waals surface area contributed by atoms with Gasteiger partial charge in [-0.1, -0.05) is 32.0 Å². The number of hydrogen-bond donors (Lipinski definition) is 2. The second kappa shape index (κ2) is 6.63. The molecule has 0 atom stereocenters. The molecule has 112 valence electrons. The number of para-hydroxylation sites is 1. The topological polar surface area (TPSA) is 58.2 Å². The Balaban J connectivity index is 2.02. The molecule has 5 heteroatoms. The van der Waals surface area contributed by atoms with Crippen LogP contribution in [0.5, 0.6) is 0 Å². The fourth-order valence-corrected chi connectivity index (χ4v) is 3.43. The molecule has 0 aliphatic carbocycles. The standard InChI is InChI=1S/C16H20N2O2S/c1-13(2)12-21(19,20)18-16-10-8-15(9-11-16)17-14-6-4-3-5-7-14/h3-11,13,17-18H,12H2,1-2H3. The monoisotopic (exact) mass is 304 g/mol. The summed E-state index contributed by atoms with van der Waals surface area (Å²) in [5, 5.41) is 3.25. The molecule has 0 aromatic heterocycles. The Labute approximate surface area is 126 Å². The highest BCUT2D eigenvalue weighted by Gasteiger charge is 2.12. The van der Waals surface area contributed by atoms with Crippen molar-refractivity contribution in [2.24, 2.45) is 5.92 Å². The van der Waals surface area contributed by atoms with Gasteiger partial charge in [-0.15, -0.1) is 0 Å². The van der Waals surface area contributed by atoms with E-state index in [2.05, 4.69) is 10.0 Å². The van der Waals surface area contributed by atoms with E-state index in [-0.39, 0.29) is 11.7 Å². The molecule has 0 saturated carbocycles. The summed E-state index contributed by atoms with van der Waals surface area (Å²) >= 11 is 0. The second-order valence-corrected chi connectivity index (χ2v) is 7.11. The summed E-state index contributed by atoms with van der Waals surface area (Å²) in [6, 6.07) is 17.0. The molecule has 2 N–H and O–H groups in total. The van der Waals surface area contributed by atoms with Crippen LogP contribution < -0.4 is 10.0 Å². The first-order valence-electron chi connectivity index (χ1n) is 6.87. The van der Waals surface area contributed by atoms with Gasteiger partial charge in [0.15, 0.2) is 0 Å². The number of rotatable bonds is 6. The maximum Gasteiger partial charge on any atom is 0.232 e. The SMILES string of the molecule is CC(C)CS(=O)(=O)Nc1ccc(Nc2ccccc2)cc1. The summed E-state index contributed by atoms with van der Waals surface area (Å²) in [5.74, 6) is 0.221. The fourth-order valence-electron chi connectivity index (χ4n) is 1.97. The zero-order valence-electron chi connectivity index (χ0n) is 12.2. The van der Waals surface area contributed by atoms with Crippen LogP contribution in [0.15, 0.2) is 54.6 Å². The van der Waals surface area contributed by atoms with Crippen molar-refractivity contribution in [2.45, 2.75) is 13.8 Å². The van der Waals surface area contributed by atoms with Gasteiger partial charge in [-0.2, -0.15) is 0 Å². The zero-order chi connectivity index (χ0) is 15.3. The summed E-state index contributed by atoms with van der Waals surface area (Å²) in [4.78, 5) is 0. The quantitative estimate of drug-likeness (QED) is 0.852. The summed E-state index contributed by atoms with van der Waals surface area (Å²) in [5.41, 5.74) is 2.48. The molecule has 2 rings (SSSR count). The first-order chi connectivity index (χ1) is 9.94. The van der Waals surface area contributed by atoms with Crippen molar-refractivity contribution in [2.75, 3.05) is 15.8 Å². The molecule has 0 heterocycles. The smallest absolute Gasteiger partial charge is 0.232 e. The number of anilines is 3. The van der Waals surface area contributed by atoms with Gasteiger partial charge in [0.05, 0.1) is 5.75 Å². The molecule has 0 fully saturated rings. The highest BCUT2D eigenvalue weighted by Crippen LogP contribution is 2.19. The molecular weight excluding hydrogens is 284 g/mol. The summed E-state index contributed by atoms with van der Waals surface area (Å²) in [7, 11) is -3.28. The molecule has 0 saturated heterocycles. The number of hydrogen-bond acceptors (Lipinski definition) is 3. The van der Waals surface area contributed by atoms with Gasteiger partial charge in [0.25, 0.3) is 0 Å². The predicted molar refractivity (Wildman–Crippen MR) is 88.4 cm³/mol. The number of nitrogens with one attached hydrogen (secondary N) is 2. The van der Waals surface area contributed by atoms with E-state index in [0.29, 0.717) is 5.69 Å². The van der Waals surface area contributed by atoms with E-state index in [1.54, 1.807) is 12.1 Å². The fraction of sp³-hybridized carbons (Fsp3) is 0.250. The van der Waals surface area contributed by atoms with E-state index in [4.69, 9.17) is 0 Å². The van der Waals surface area contributed by atoms with Crippen molar-refractivity contribution >= 4 is 27.1 Å². The first kappa shape index (κ1) is 15.4. The molecular formula is C16H20N2O2S. The van der Waals surface area contributed by atoms with E-state index in [1.807, 2.05) is 56.3 Å². The maximum absolute atomic E-state index is 11.9. The Morgan fingerprint density at radius 1 is 0.857 bits per heavy atom. The molecule has 0 aliphatic rings. The van der Waals surface area contributed by atoms with Crippen LogP contribution in [0.4, 0.5) is 17.1 Å². The molecule has 0 amide bonds. The van der Waals surface area contributed by atoms with Crippen molar-refractivity contribution in [1.29, 1.82) is 0 Å². The van der Waals surface area contributed by atoms with Gasteiger partial charge < -0.3 is 5.32 Å². The van der Waals surface area contributed by atoms with Crippen molar-refractivity contribution in [3.8, 4) is 0 Å². The van der Waals surface area contributed by atoms with Gasteiger partial charge in [0.1, 0.15) is 0 Å². The molecule has 2 aromatic carbocycles. The van der Waals surface area contributed by atoms with E-state index in [0.717, 1.165) is 11.4 Å². The highest BCUT2D eigenvalue weighted by atomic mass is 32.2. The number of benzene rings is 2. The van der Waals surface area contributed by atoms with Crippen molar-refractivity contribution in [1.82, 2.24) is 0 Å². The van der Waals surface area contributed by atoms with Crippen LogP contribution in [-0.2, 0) is 10.0 Å². The van der Waals surface area contributed by atoms with Gasteiger partial charge in [-0.25, -0.2) is 8.42 Å². The van der Waals surface area contributed by atoms with Crippen LogP contribution in [-0.4, -0.2) is 14.2 Å². The lowest BCUT2D eigenvalue weighted by atomic mass is 10.2. The van der Waals surface area contributed by atoms with E-state index >= 15 is 0 Å². The lowest BCUT2D eigenvalue weighted by Crippen LogP contribution is -2.19.